The Morgan fingerprint density at radius 2 is 1.69 bits per heavy atom. The van der Waals surface area contributed by atoms with E-state index in [0.29, 0.717) is 25.3 Å². The smallest absolute Gasteiger partial charge is 0.163 e. The lowest BCUT2D eigenvalue weighted by Crippen LogP contribution is -2.08. The van der Waals surface area contributed by atoms with E-state index in [-0.39, 0.29) is 16.9 Å². The molecule has 0 saturated carbocycles. The van der Waals surface area contributed by atoms with Crippen LogP contribution in [0.25, 0.3) is 5.57 Å². The van der Waals surface area contributed by atoms with Gasteiger partial charge in [0, 0.05) is 23.6 Å². The van der Waals surface area contributed by atoms with Gasteiger partial charge in [-0.15, -0.1) is 0 Å². The van der Waals surface area contributed by atoms with Gasteiger partial charge in [0.1, 0.15) is 5.82 Å². The van der Waals surface area contributed by atoms with Gasteiger partial charge in [0.15, 0.2) is 17.4 Å². The van der Waals surface area contributed by atoms with Crippen molar-refractivity contribution >= 4 is 11.4 Å². The summed E-state index contributed by atoms with van der Waals surface area (Å²) < 4.78 is 39.1. The van der Waals surface area contributed by atoms with Gasteiger partial charge < -0.3 is 0 Å². The summed E-state index contributed by atoms with van der Waals surface area (Å²) in [5.74, 6) is -3.52. The Morgan fingerprint density at radius 1 is 1.00 bits per heavy atom. The van der Waals surface area contributed by atoms with Crippen molar-refractivity contribution in [1.29, 1.82) is 0 Å². The summed E-state index contributed by atoms with van der Waals surface area (Å²) in [6, 6.07) is 1.20. The first-order valence-corrected chi connectivity index (χ1v) is 4.98. The van der Waals surface area contributed by atoms with Crippen molar-refractivity contribution in [2.75, 3.05) is 0 Å². The van der Waals surface area contributed by atoms with Crippen LogP contribution in [0.2, 0.25) is 0 Å². The highest BCUT2D eigenvalue weighted by Gasteiger charge is 2.20. The molecule has 0 unspecified atom stereocenters. The topological polar surface area (TPSA) is 17.1 Å². The highest BCUT2D eigenvalue weighted by Crippen LogP contribution is 2.27. The zero-order valence-corrected chi connectivity index (χ0v) is 8.40. The molecule has 84 valence electrons. The van der Waals surface area contributed by atoms with E-state index in [9.17, 15) is 18.0 Å². The number of rotatable bonds is 1. The van der Waals surface area contributed by atoms with Gasteiger partial charge >= 0.3 is 0 Å². The third-order valence-corrected chi connectivity index (χ3v) is 2.56. The molecule has 4 heteroatoms. The monoisotopic (exact) mass is 226 g/mol. The molecule has 0 heterocycles. The molecule has 0 bridgehead atoms. The summed E-state index contributed by atoms with van der Waals surface area (Å²) in [6.07, 6.45) is 3.26. The van der Waals surface area contributed by atoms with E-state index in [2.05, 4.69) is 0 Å². The van der Waals surface area contributed by atoms with Crippen LogP contribution in [0.15, 0.2) is 18.2 Å². The molecule has 16 heavy (non-hydrogen) atoms. The van der Waals surface area contributed by atoms with Crippen LogP contribution in [0.3, 0.4) is 0 Å². The second-order valence-corrected chi connectivity index (χ2v) is 3.68. The van der Waals surface area contributed by atoms with Crippen LogP contribution >= 0.6 is 0 Å². The molecule has 0 fully saturated rings. The number of hydrogen-bond donors (Lipinski definition) is 0. The molecule has 0 aliphatic heterocycles. The molecule has 0 radical (unpaired) electrons. The van der Waals surface area contributed by atoms with Crippen LogP contribution in [0.1, 0.15) is 24.8 Å². The number of allylic oxidation sites excluding steroid dienone is 2. The zero-order valence-electron chi connectivity index (χ0n) is 8.40. The molecule has 1 aromatic carbocycles. The fourth-order valence-corrected chi connectivity index (χ4v) is 1.75. The normalized spacial score (nSPS) is 16.2. The van der Waals surface area contributed by atoms with E-state index in [4.69, 9.17) is 0 Å². The van der Waals surface area contributed by atoms with Gasteiger partial charge in [-0.05, 0) is 18.9 Å². The Bertz CT molecular complexity index is 477. The third kappa shape index (κ3) is 1.87. The molecule has 0 spiro atoms. The largest absolute Gasteiger partial charge is 0.294 e. The molecule has 2 rings (SSSR count). The summed E-state index contributed by atoms with van der Waals surface area (Å²) in [6.45, 7) is 0. The van der Waals surface area contributed by atoms with Gasteiger partial charge in [-0.25, -0.2) is 13.2 Å². The molecule has 1 aliphatic carbocycles. The van der Waals surface area contributed by atoms with Crippen LogP contribution < -0.4 is 0 Å². The Morgan fingerprint density at radius 3 is 2.38 bits per heavy atom. The van der Waals surface area contributed by atoms with Crippen LogP contribution in [0.4, 0.5) is 13.2 Å². The van der Waals surface area contributed by atoms with Gasteiger partial charge in [-0.3, -0.25) is 4.79 Å². The maximum Gasteiger partial charge on any atom is 0.163 e. The van der Waals surface area contributed by atoms with Crippen molar-refractivity contribution in [3.63, 3.8) is 0 Å². The average Bonchev–Trinajstić information content (AvgIpc) is 2.25. The van der Waals surface area contributed by atoms with E-state index in [1.807, 2.05) is 0 Å². The predicted molar refractivity (Wildman–Crippen MR) is 53.2 cm³/mol. The molecule has 1 nitrogen and oxygen atoms in total. The van der Waals surface area contributed by atoms with E-state index >= 15 is 0 Å². The van der Waals surface area contributed by atoms with E-state index in [1.165, 1.54) is 0 Å². The lowest BCUT2D eigenvalue weighted by molar-refractivity contribution is -0.114. The zero-order chi connectivity index (χ0) is 11.7. The lowest BCUT2D eigenvalue weighted by Gasteiger charge is -2.12. The SMILES string of the molecule is O=C1CCCC=C1c1cc(F)c(F)cc1F. The van der Waals surface area contributed by atoms with E-state index in [0.717, 1.165) is 6.07 Å². The van der Waals surface area contributed by atoms with Crippen molar-refractivity contribution in [2.45, 2.75) is 19.3 Å². The number of carbonyl (C=O) groups is 1. The Kier molecular flexibility index (Phi) is 2.81. The van der Waals surface area contributed by atoms with Crippen LogP contribution in [-0.2, 0) is 4.79 Å². The van der Waals surface area contributed by atoms with E-state index < -0.39 is 17.5 Å². The van der Waals surface area contributed by atoms with Gasteiger partial charge in [-0.2, -0.15) is 0 Å². The highest BCUT2D eigenvalue weighted by atomic mass is 19.2. The fourth-order valence-electron chi connectivity index (χ4n) is 1.75. The Balaban J connectivity index is 2.51. The van der Waals surface area contributed by atoms with Gasteiger partial charge in [-0.1, -0.05) is 6.08 Å². The van der Waals surface area contributed by atoms with Crippen molar-refractivity contribution in [1.82, 2.24) is 0 Å². The third-order valence-electron chi connectivity index (χ3n) is 2.56. The second-order valence-electron chi connectivity index (χ2n) is 3.68. The van der Waals surface area contributed by atoms with Crippen LogP contribution in [-0.4, -0.2) is 5.78 Å². The average molecular weight is 226 g/mol. The Hall–Kier alpha value is -1.58. The number of hydrogen-bond acceptors (Lipinski definition) is 1. The summed E-state index contributed by atoms with van der Waals surface area (Å²) in [5, 5.41) is 0. The molecule has 0 atom stereocenters. The van der Waals surface area contributed by atoms with Gasteiger partial charge in [0.25, 0.3) is 0 Å². The van der Waals surface area contributed by atoms with Crippen molar-refractivity contribution in [2.24, 2.45) is 0 Å². The minimum atomic E-state index is -1.25. The van der Waals surface area contributed by atoms with Crippen molar-refractivity contribution < 1.29 is 18.0 Å². The maximum atomic E-state index is 13.4. The quantitative estimate of drug-likeness (QED) is 0.672. The first kappa shape index (κ1) is 10.9. The predicted octanol–water partition coefficient (Wildman–Crippen LogP) is 3.24. The number of carbonyl (C=O) groups excluding carboxylic acids is 1. The first-order valence-electron chi connectivity index (χ1n) is 4.98. The number of benzene rings is 1. The Labute approximate surface area is 90.6 Å². The highest BCUT2D eigenvalue weighted by molar-refractivity contribution is 6.21. The number of Topliss-reactive ketones (excluding diaryl/α,β-unsaturated/α-hetero) is 1. The molecule has 1 aliphatic rings. The number of ketones is 1. The molecule has 0 aromatic heterocycles. The molecule has 0 amide bonds. The minimum absolute atomic E-state index is 0.149. The molecule has 0 N–H and O–H groups in total. The van der Waals surface area contributed by atoms with Crippen LogP contribution in [0, 0.1) is 17.5 Å². The maximum absolute atomic E-state index is 13.4. The molecule has 0 saturated heterocycles. The van der Waals surface area contributed by atoms with E-state index in [1.54, 1.807) is 6.08 Å². The fraction of sp³-hybridized carbons (Fsp3) is 0.250. The molecule has 1 aromatic rings. The van der Waals surface area contributed by atoms with Gasteiger partial charge in [0.2, 0.25) is 0 Å². The van der Waals surface area contributed by atoms with Gasteiger partial charge in [0.05, 0.1) is 0 Å². The number of halogens is 3. The molecular formula is C12H9F3O. The standard InChI is InChI=1S/C12H9F3O/c13-9-6-11(15)10(14)5-8(9)7-3-1-2-4-12(7)16/h3,5-6H,1-2,4H2. The van der Waals surface area contributed by atoms with Crippen molar-refractivity contribution in [3.05, 3.63) is 41.2 Å². The second kappa shape index (κ2) is 4.12. The lowest BCUT2D eigenvalue weighted by atomic mass is 9.92. The molecular weight excluding hydrogens is 217 g/mol. The first-order chi connectivity index (χ1) is 7.59. The van der Waals surface area contributed by atoms with Crippen molar-refractivity contribution in [3.8, 4) is 0 Å². The summed E-state index contributed by atoms with van der Waals surface area (Å²) in [4.78, 5) is 11.5. The summed E-state index contributed by atoms with van der Waals surface area (Å²) in [5.41, 5.74) is 0.00579. The summed E-state index contributed by atoms with van der Waals surface area (Å²) >= 11 is 0. The minimum Gasteiger partial charge on any atom is -0.294 e. The summed E-state index contributed by atoms with van der Waals surface area (Å²) in [7, 11) is 0. The van der Waals surface area contributed by atoms with Crippen LogP contribution in [0.5, 0.6) is 0 Å².